The summed E-state index contributed by atoms with van der Waals surface area (Å²) in [5.41, 5.74) is 5.27. The van der Waals surface area contributed by atoms with Gasteiger partial charge in [-0.3, -0.25) is 0 Å². The minimum atomic E-state index is -1.52. The second-order valence-corrected chi connectivity index (χ2v) is 13.1. The SMILES string of the molecule is C=C1NC(C)(C)I2C1=C(CC)C=C(CCc1ccncn1)/C2=C/C. The summed E-state index contributed by atoms with van der Waals surface area (Å²) < 4.78 is 3.31. The van der Waals surface area contributed by atoms with Crippen molar-refractivity contribution in [3.05, 3.63) is 67.0 Å². The zero-order chi connectivity index (χ0) is 17.3. The molecule has 1 fully saturated rings. The van der Waals surface area contributed by atoms with Crippen molar-refractivity contribution in [3.8, 4) is 0 Å². The first-order chi connectivity index (χ1) is 11.5. The monoisotopic (exact) mass is 435 g/mol. The molecule has 24 heavy (non-hydrogen) atoms. The van der Waals surface area contributed by atoms with Crippen molar-refractivity contribution in [1.29, 1.82) is 0 Å². The van der Waals surface area contributed by atoms with Crippen LogP contribution >= 0.6 is 19.8 Å². The van der Waals surface area contributed by atoms with Gasteiger partial charge in [-0.2, -0.15) is 0 Å². The van der Waals surface area contributed by atoms with Crippen LogP contribution in [0.15, 0.2) is 61.3 Å². The fraction of sp³-hybridized carbons (Fsp3) is 0.400. The Bertz CT molecular complexity index is 741. The molecular weight excluding hydrogens is 409 g/mol. The summed E-state index contributed by atoms with van der Waals surface area (Å²) in [5.74, 6) is 0. The molecule has 3 nitrogen and oxygen atoms in total. The number of alkyl halides is 1. The van der Waals surface area contributed by atoms with E-state index in [1.54, 1.807) is 13.5 Å². The number of nitrogens with zero attached hydrogens (tertiary/aromatic N) is 2. The zero-order valence-electron chi connectivity index (χ0n) is 15.0. The van der Waals surface area contributed by atoms with Crippen molar-refractivity contribution in [2.24, 2.45) is 0 Å². The van der Waals surface area contributed by atoms with Gasteiger partial charge in [0.05, 0.1) is 0 Å². The average Bonchev–Trinajstić information content (AvgIpc) is 2.82. The van der Waals surface area contributed by atoms with Crippen LogP contribution in [0.2, 0.25) is 0 Å². The van der Waals surface area contributed by atoms with E-state index in [-0.39, 0.29) is 3.55 Å². The van der Waals surface area contributed by atoms with Gasteiger partial charge in [-0.25, -0.2) is 0 Å². The van der Waals surface area contributed by atoms with E-state index < -0.39 is 19.8 Å². The summed E-state index contributed by atoms with van der Waals surface area (Å²) in [5, 5.41) is 3.68. The number of rotatable bonds is 4. The van der Waals surface area contributed by atoms with Crippen LogP contribution < -0.4 is 5.32 Å². The third-order valence-corrected chi connectivity index (χ3v) is 12.3. The molecule has 0 aromatic carbocycles. The van der Waals surface area contributed by atoms with Crippen LogP contribution in [-0.2, 0) is 6.42 Å². The van der Waals surface area contributed by atoms with E-state index in [0.717, 1.165) is 30.7 Å². The predicted molar refractivity (Wildman–Crippen MR) is 110 cm³/mol. The van der Waals surface area contributed by atoms with E-state index in [0.29, 0.717) is 0 Å². The molecule has 0 saturated carbocycles. The average molecular weight is 435 g/mol. The van der Waals surface area contributed by atoms with Gasteiger partial charge in [-0.1, -0.05) is 0 Å². The van der Waals surface area contributed by atoms with E-state index in [2.05, 4.69) is 61.7 Å². The van der Waals surface area contributed by atoms with Crippen molar-refractivity contribution < 1.29 is 0 Å². The first-order valence-electron chi connectivity index (χ1n) is 8.50. The number of aromatic nitrogens is 2. The van der Waals surface area contributed by atoms with Crippen molar-refractivity contribution in [2.45, 2.75) is 50.5 Å². The van der Waals surface area contributed by atoms with Gasteiger partial charge in [0.25, 0.3) is 0 Å². The van der Waals surface area contributed by atoms with Crippen molar-refractivity contribution in [1.82, 2.24) is 15.3 Å². The van der Waals surface area contributed by atoms with E-state index in [4.69, 9.17) is 0 Å². The Morgan fingerprint density at radius 3 is 2.75 bits per heavy atom. The molecule has 0 atom stereocenters. The third-order valence-electron chi connectivity index (χ3n) is 4.44. The standard InChI is InChI=1S/C20H26IN3/c1-6-15-12-16(8-9-17-10-11-22-13-23-17)18(7-2)21-19(15)14(3)24-20(21,4)5/h7,10-13,24H,3,6,8-9H2,1-2,4-5H3/b18-7-. The molecule has 0 amide bonds. The van der Waals surface area contributed by atoms with Gasteiger partial charge in [-0.15, -0.1) is 0 Å². The number of fused-ring (bicyclic) bond motifs is 1. The number of nitrogens with one attached hydrogen (secondary N) is 1. The van der Waals surface area contributed by atoms with Gasteiger partial charge >= 0.3 is 153 Å². The van der Waals surface area contributed by atoms with Gasteiger partial charge in [0.15, 0.2) is 0 Å². The van der Waals surface area contributed by atoms with Crippen LogP contribution in [0.5, 0.6) is 0 Å². The fourth-order valence-electron chi connectivity index (χ4n) is 3.42. The summed E-state index contributed by atoms with van der Waals surface area (Å²) >= 11 is -1.52. The number of hydrogen-bond acceptors (Lipinski definition) is 3. The molecule has 0 bridgehead atoms. The quantitative estimate of drug-likeness (QED) is 0.398. The van der Waals surface area contributed by atoms with Gasteiger partial charge in [0.1, 0.15) is 0 Å². The Balaban J connectivity index is 1.96. The summed E-state index contributed by atoms with van der Waals surface area (Å²) in [7, 11) is 0. The molecule has 1 saturated heterocycles. The van der Waals surface area contributed by atoms with Crippen LogP contribution in [0.25, 0.3) is 0 Å². The number of allylic oxidation sites excluding steroid dienone is 6. The van der Waals surface area contributed by atoms with Crippen LogP contribution in [0.1, 0.15) is 46.2 Å². The van der Waals surface area contributed by atoms with E-state index >= 15 is 0 Å². The van der Waals surface area contributed by atoms with Crippen LogP contribution in [0.4, 0.5) is 0 Å². The number of hydrogen-bond donors (Lipinski definition) is 1. The molecule has 2 aliphatic rings. The predicted octanol–water partition coefficient (Wildman–Crippen LogP) is 5.28. The van der Waals surface area contributed by atoms with Gasteiger partial charge in [-0.05, 0) is 0 Å². The maximum atomic E-state index is 4.38. The fourth-order valence-corrected chi connectivity index (χ4v) is 11.2. The molecule has 1 N–H and O–H groups in total. The van der Waals surface area contributed by atoms with Crippen LogP contribution in [0.3, 0.4) is 0 Å². The molecule has 0 aliphatic carbocycles. The summed E-state index contributed by atoms with van der Waals surface area (Å²) in [6.07, 6.45) is 11.3. The topological polar surface area (TPSA) is 37.8 Å². The number of halogens is 1. The van der Waals surface area contributed by atoms with Crippen molar-refractivity contribution in [3.63, 3.8) is 0 Å². The molecule has 0 radical (unpaired) electrons. The molecule has 4 heteroatoms. The third kappa shape index (κ3) is 3.08. The maximum absolute atomic E-state index is 4.38. The van der Waals surface area contributed by atoms with Crippen LogP contribution in [-0.4, -0.2) is 13.5 Å². The Kier molecular flexibility index (Phi) is 4.95. The molecule has 0 spiro atoms. The first-order valence-corrected chi connectivity index (χ1v) is 11.7. The molecule has 2 aliphatic heterocycles. The second kappa shape index (κ2) is 6.82. The normalized spacial score (nSPS) is 22.5. The second-order valence-electron chi connectivity index (χ2n) is 6.56. The Hall–Kier alpha value is -1.43. The molecule has 1 aromatic heterocycles. The summed E-state index contributed by atoms with van der Waals surface area (Å²) in [4.78, 5) is 8.39. The van der Waals surface area contributed by atoms with E-state index in [9.17, 15) is 0 Å². The van der Waals surface area contributed by atoms with Crippen molar-refractivity contribution >= 4 is 19.8 Å². The Labute approximate surface area is 152 Å². The molecular formula is C20H26IN3. The Morgan fingerprint density at radius 1 is 1.33 bits per heavy atom. The van der Waals surface area contributed by atoms with Crippen LogP contribution in [0, 0.1) is 0 Å². The van der Waals surface area contributed by atoms with Gasteiger partial charge in [0, 0.05) is 0 Å². The molecule has 3 rings (SSSR count). The van der Waals surface area contributed by atoms with E-state index in [1.807, 2.05) is 12.3 Å². The van der Waals surface area contributed by atoms with Gasteiger partial charge < -0.3 is 0 Å². The molecule has 1 aromatic rings. The molecule has 128 valence electrons. The molecule has 0 unspecified atom stereocenters. The van der Waals surface area contributed by atoms with E-state index in [1.165, 1.54) is 11.1 Å². The zero-order valence-corrected chi connectivity index (χ0v) is 17.1. The molecule has 3 heterocycles. The minimum absolute atomic E-state index is 0.160. The number of aryl methyl sites for hydroxylation is 1. The van der Waals surface area contributed by atoms with Gasteiger partial charge in [0.2, 0.25) is 0 Å². The summed E-state index contributed by atoms with van der Waals surface area (Å²) in [6, 6.07) is 2.02. The Morgan fingerprint density at radius 2 is 2.12 bits per heavy atom. The first kappa shape index (κ1) is 17.4. The summed E-state index contributed by atoms with van der Waals surface area (Å²) in [6.45, 7) is 13.5. The van der Waals surface area contributed by atoms with Crippen molar-refractivity contribution in [2.75, 3.05) is 0 Å².